The SMILES string of the molecule is COc1ccc(C(OC[C@H](CNC(=O)OCCC[n+]2ccc(/C=C/C=C3/Sc4ccccc4N3C)c3ccccc32)OP(OCCC#N)N(C(C)C)C(C)C)(c2ccccc2)c2ccc(OC)cc2)cc1.[I-]. The highest BCUT2D eigenvalue weighted by molar-refractivity contribution is 8.03. The Bertz CT molecular complexity index is 2720. The summed E-state index contributed by atoms with van der Waals surface area (Å²) in [4.78, 5) is 17.1. The zero-order valence-electron chi connectivity index (χ0n) is 42.1. The van der Waals surface area contributed by atoms with E-state index in [-0.39, 0.29) is 68.8 Å². The van der Waals surface area contributed by atoms with Crippen LogP contribution in [0.15, 0.2) is 162 Å². The number of methoxy groups -OCH3 is 2. The van der Waals surface area contributed by atoms with Crippen molar-refractivity contribution in [1.82, 2.24) is 9.99 Å². The molecule has 378 valence electrons. The second-order valence-electron chi connectivity index (χ2n) is 17.4. The first-order chi connectivity index (χ1) is 34.6. The first-order valence-electron chi connectivity index (χ1n) is 24.0. The molecule has 15 heteroatoms. The summed E-state index contributed by atoms with van der Waals surface area (Å²) in [6.45, 7) is 9.43. The Morgan fingerprint density at radius 1 is 0.833 bits per heavy atom. The highest BCUT2D eigenvalue weighted by Gasteiger charge is 2.40. The van der Waals surface area contributed by atoms with E-state index < -0.39 is 26.3 Å². The average molecular weight is 1120 g/mol. The number of hydrogen-bond donors (Lipinski definition) is 1. The number of carbonyl (C=O) groups excluding carboxylic acids is 1. The zero-order valence-corrected chi connectivity index (χ0v) is 45.9. The fraction of sp³-hybridized carbons (Fsp3) is 0.316. The van der Waals surface area contributed by atoms with Gasteiger partial charge in [-0.3, -0.25) is 0 Å². The summed E-state index contributed by atoms with van der Waals surface area (Å²) in [6.07, 6.45) is 8.00. The minimum absolute atomic E-state index is 0. The summed E-state index contributed by atoms with van der Waals surface area (Å²) in [6, 6.07) is 46.9. The van der Waals surface area contributed by atoms with Crippen LogP contribution in [0.2, 0.25) is 0 Å². The van der Waals surface area contributed by atoms with Crippen LogP contribution in [0.3, 0.4) is 0 Å². The third kappa shape index (κ3) is 14.0. The summed E-state index contributed by atoms with van der Waals surface area (Å²) >= 11 is 1.77. The number of pyridine rings is 1. The minimum atomic E-state index is -1.72. The van der Waals surface area contributed by atoms with E-state index in [1.165, 1.54) is 15.6 Å². The number of rotatable bonds is 24. The van der Waals surface area contributed by atoms with Crippen LogP contribution in [0.4, 0.5) is 10.5 Å². The van der Waals surface area contributed by atoms with Crippen LogP contribution in [-0.2, 0) is 30.7 Å². The molecule has 1 aliphatic heterocycles. The number of anilines is 1. The molecule has 5 aromatic carbocycles. The van der Waals surface area contributed by atoms with Crippen molar-refractivity contribution < 1.29 is 61.3 Å². The summed E-state index contributed by atoms with van der Waals surface area (Å²) in [5.74, 6) is 1.41. The third-order valence-electron chi connectivity index (χ3n) is 12.1. The molecule has 7 rings (SSSR count). The van der Waals surface area contributed by atoms with Crippen molar-refractivity contribution in [2.24, 2.45) is 0 Å². The van der Waals surface area contributed by atoms with Crippen LogP contribution >= 0.6 is 20.3 Å². The van der Waals surface area contributed by atoms with Crippen LogP contribution in [0.5, 0.6) is 11.5 Å². The number of ether oxygens (including phenoxy) is 4. The maximum atomic E-state index is 13.6. The van der Waals surface area contributed by atoms with Gasteiger partial charge in [0.25, 0.3) is 8.53 Å². The maximum absolute atomic E-state index is 13.6. The molecule has 6 aromatic rings. The van der Waals surface area contributed by atoms with Crippen LogP contribution in [0, 0.1) is 11.3 Å². The highest BCUT2D eigenvalue weighted by atomic mass is 127. The molecule has 0 bridgehead atoms. The van der Waals surface area contributed by atoms with Gasteiger partial charge >= 0.3 is 6.09 Å². The molecule has 1 aromatic heterocycles. The largest absolute Gasteiger partial charge is 1.00 e. The van der Waals surface area contributed by atoms with Crippen LogP contribution in [0.1, 0.15) is 62.8 Å². The predicted molar refractivity (Wildman–Crippen MR) is 284 cm³/mol. The molecule has 0 fully saturated rings. The molecule has 0 saturated heterocycles. The summed E-state index contributed by atoms with van der Waals surface area (Å²) in [5.41, 5.74) is 4.87. The summed E-state index contributed by atoms with van der Waals surface area (Å²) < 4.78 is 41.9. The molecule has 1 amide bonds. The Morgan fingerprint density at radius 3 is 2.10 bits per heavy atom. The highest BCUT2D eigenvalue weighted by Crippen LogP contribution is 2.48. The van der Waals surface area contributed by atoms with Crippen LogP contribution in [-0.4, -0.2) is 76.6 Å². The van der Waals surface area contributed by atoms with Gasteiger partial charge in [0, 0.05) is 49.1 Å². The molecule has 0 radical (unpaired) electrons. The molecule has 1 N–H and O–H groups in total. The zero-order chi connectivity index (χ0) is 50.2. The van der Waals surface area contributed by atoms with Crippen molar-refractivity contribution >= 4 is 49.0 Å². The van der Waals surface area contributed by atoms with E-state index >= 15 is 0 Å². The van der Waals surface area contributed by atoms with Crippen molar-refractivity contribution in [3.63, 3.8) is 0 Å². The Morgan fingerprint density at radius 2 is 1.46 bits per heavy atom. The average Bonchev–Trinajstić information content (AvgIpc) is 3.71. The van der Waals surface area contributed by atoms with Crippen molar-refractivity contribution in [2.45, 2.75) is 75.8 Å². The quantitative estimate of drug-likeness (QED) is 0.0206. The number of aryl methyl sites for hydroxylation is 1. The molecular formula is C57H65IN5O7PS. The molecule has 2 atom stereocenters. The van der Waals surface area contributed by atoms with Gasteiger partial charge in [-0.2, -0.15) is 9.83 Å². The molecule has 0 saturated carbocycles. The van der Waals surface area contributed by atoms with E-state index in [9.17, 15) is 10.1 Å². The molecule has 72 heavy (non-hydrogen) atoms. The lowest BCUT2D eigenvalue weighted by Crippen LogP contribution is -3.00. The number of benzene rings is 5. The monoisotopic (exact) mass is 1120 g/mol. The molecule has 0 spiro atoms. The van der Waals surface area contributed by atoms with E-state index in [1.54, 1.807) is 26.0 Å². The van der Waals surface area contributed by atoms with Crippen molar-refractivity contribution in [3.8, 4) is 17.6 Å². The predicted octanol–water partition coefficient (Wildman–Crippen LogP) is 9.03. The van der Waals surface area contributed by atoms with Crippen LogP contribution in [0.25, 0.3) is 17.0 Å². The molecule has 12 nitrogen and oxygen atoms in total. The number of para-hydroxylation sites is 2. The van der Waals surface area contributed by atoms with Gasteiger partial charge in [0.05, 0.1) is 62.6 Å². The number of fused-ring (bicyclic) bond motifs is 2. The number of nitrogens with zero attached hydrogens (tertiary/aromatic N) is 4. The Kier molecular flexibility index (Phi) is 21.3. The second kappa shape index (κ2) is 27.5. The van der Waals surface area contributed by atoms with Gasteiger partial charge in [0.2, 0.25) is 5.52 Å². The fourth-order valence-electron chi connectivity index (χ4n) is 8.64. The number of thioether (sulfide) groups is 1. The Hall–Kier alpha value is -5.50. The first kappa shape index (κ1) is 55.8. The number of carbonyl (C=O) groups is 1. The molecular weight excluding hydrogens is 1060 g/mol. The number of amides is 1. The molecule has 1 unspecified atom stereocenters. The lowest BCUT2D eigenvalue weighted by atomic mass is 9.80. The van der Waals surface area contributed by atoms with E-state index in [0.717, 1.165) is 33.2 Å². The number of hydrogen-bond acceptors (Lipinski definition) is 11. The summed E-state index contributed by atoms with van der Waals surface area (Å²) in [5, 5.41) is 14.7. The van der Waals surface area contributed by atoms with Gasteiger partial charge in [-0.25, -0.2) is 9.46 Å². The Labute approximate surface area is 447 Å². The van der Waals surface area contributed by atoms with Crippen molar-refractivity contribution in [2.75, 3.05) is 52.5 Å². The van der Waals surface area contributed by atoms with Crippen molar-refractivity contribution in [1.29, 1.82) is 5.26 Å². The fourth-order valence-corrected chi connectivity index (χ4v) is 11.4. The smallest absolute Gasteiger partial charge is 0.407 e. The van der Waals surface area contributed by atoms with E-state index in [1.807, 2.05) is 84.9 Å². The summed E-state index contributed by atoms with van der Waals surface area (Å²) in [7, 11) is 3.66. The number of aromatic nitrogens is 1. The molecule has 2 heterocycles. The van der Waals surface area contributed by atoms with Gasteiger partial charge in [0.15, 0.2) is 12.7 Å². The number of allylic oxidation sites excluding steroid dienone is 2. The Balaban J connectivity index is 0.00000847. The van der Waals surface area contributed by atoms with Gasteiger partial charge in [-0.15, -0.1) is 0 Å². The number of nitrogens with one attached hydrogen (secondary N) is 1. The topological polar surface area (TPSA) is 119 Å². The van der Waals surface area contributed by atoms with Crippen molar-refractivity contribution in [3.05, 3.63) is 179 Å². The van der Waals surface area contributed by atoms with E-state index in [2.05, 4.69) is 133 Å². The van der Waals surface area contributed by atoms with E-state index in [4.69, 9.17) is 28.0 Å². The van der Waals surface area contributed by atoms with Gasteiger partial charge in [0.1, 0.15) is 23.2 Å². The molecule has 1 aliphatic rings. The van der Waals surface area contributed by atoms with Gasteiger partial charge in [-0.1, -0.05) is 103 Å². The standard InChI is InChI=1S/C57H64N5O7PS.HI/c1-42(2)62(43(3)4)70(68-39-16-35-58)69-50(41-67-57(45-19-9-8-10-20-45,46-26-30-48(64-6)31-27-46)47-28-32-49(65-7)33-29-47)40-59-56(63)66-38-17-36-61-37-34-44(51-21-11-12-22-52(51)61)18-15-25-55-60(5)53-23-13-14-24-54(53)71-55;/h8-15,18-34,37,42-43,50H,16-17,36,38-41H2,1-7H3;1H/t50-,70?;/m0./s1. The second-order valence-corrected chi connectivity index (χ2v) is 19.9. The van der Waals surface area contributed by atoms with Crippen LogP contribution < -0.4 is 48.2 Å². The minimum Gasteiger partial charge on any atom is -1.00 e. The van der Waals surface area contributed by atoms with Gasteiger partial charge in [-0.05, 0) is 98.5 Å². The maximum Gasteiger partial charge on any atom is 0.407 e. The third-order valence-corrected chi connectivity index (χ3v) is 15.4. The number of alkyl carbamates (subject to hydrolysis) is 1. The lowest BCUT2D eigenvalue weighted by Gasteiger charge is -2.39. The number of halogens is 1. The van der Waals surface area contributed by atoms with Gasteiger partial charge < -0.3 is 62.2 Å². The molecule has 0 aliphatic carbocycles. The first-order valence-corrected chi connectivity index (χ1v) is 25.9. The normalized spacial score (nSPS) is 13.8. The van der Waals surface area contributed by atoms with E-state index in [0.29, 0.717) is 24.5 Å². The lowest BCUT2D eigenvalue weighted by molar-refractivity contribution is -0.672. The number of nitriles is 1.